The lowest BCUT2D eigenvalue weighted by Gasteiger charge is -2.29. The molecular formula is C13H23N5O. The summed E-state index contributed by atoms with van der Waals surface area (Å²) in [5.74, 6) is 1.13. The number of nitrogens with zero attached hydrogens (tertiary/aromatic N) is 3. The lowest BCUT2D eigenvalue weighted by Crippen LogP contribution is -2.48. The normalized spacial score (nSPS) is 16.1. The lowest BCUT2D eigenvalue weighted by molar-refractivity contribution is -0.120. The monoisotopic (exact) mass is 265 g/mol. The number of hydrogen-bond acceptors (Lipinski definition) is 4. The number of amides is 1. The lowest BCUT2D eigenvalue weighted by atomic mass is 10.2. The van der Waals surface area contributed by atoms with E-state index in [1.165, 1.54) is 5.56 Å². The second-order valence-electron chi connectivity index (χ2n) is 5.32. The van der Waals surface area contributed by atoms with Crippen molar-refractivity contribution in [1.82, 2.24) is 20.4 Å². The molecule has 1 aliphatic heterocycles. The first-order valence-corrected chi connectivity index (χ1v) is 6.76. The van der Waals surface area contributed by atoms with Gasteiger partial charge in [0.1, 0.15) is 5.82 Å². The van der Waals surface area contributed by atoms with E-state index in [4.69, 9.17) is 0 Å². The summed E-state index contributed by atoms with van der Waals surface area (Å²) in [5, 5.41) is 10.8. The van der Waals surface area contributed by atoms with Gasteiger partial charge in [0.05, 0.1) is 12.2 Å². The highest BCUT2D eigenvalue weighted by Crippen LogP contribution is 2.23. The van der Waals surface area contributed by atoms with Crippen LogP contribution >= 0.6 is 0 Å². The maximum absolute atomic E-state index is 11.5. The molecule has 0 spiro atoms. The molecule has 2 N–H and O–H groups in total. The largest absolute Gasteiger partial charge is 0.353 e. The first kappa shape index (κ1) is 13.9. The fraction of sp³-hybridized carbons (Fsp3) is 0.692. The Bertz CT molecular complexity index is 466. The first-order valence-electron chi connectivity index (χ1n) is 6.76. The Labute approximate surface area is 114 Å². The molecule has 0 saturated carbocycles. The van der Waals surface area contributed by atoms with Crippen LogP contribution in [0.3, 0.4) is 0 Å². The van der Waals surface area contributed by atoms with Crippen LogP contribution in [0.4, 0.5) is 5.82 Å². The zero-order valence-corrected chi connectivity index (χ0v) is 12.2. The second kappa shape index (κ2) is 5.61. The average Bonchev–Trinajstić information content (AvgIpc) is 2.61. The Hall–Kier alpha value is -1.56. The Kier molecular flexibility index (Phi) is 4.09. The van der Waals surface area contributed by atoms with Crippen LogP contribution < -0.4 is 15.5 Å². The second-order valence-corrected chi connectivity index (χ2v) is 5.32. The van der Waals surface area contributed by atoms with Gasteiger partial charge in [0.25, 0.3) is 0 Å². The minimum atomic E-state index is 0.0767. The highest BCUT2D eigenvalue weighted by atomic mass is 16.2. The Balaban J connectivity index is 2.24. The van der Waals surface area contributed by atoms with Crippen molar-refractivity contribution in [3.63, 3.8) is 0 Å². The number of carbonyl (C=O) groups is 1. The summed E-state index contributed by atoms with van der Waals surface area (Å²) in [6.07, 6.45) is 0. The molecule has 2 rings (SSSR count). The molecule has 0 radical (unpaired) electrons. The fourth-order valence-corrected chi connectivity index (χ4v) is 2.42. The number of aryl methyl sites for hydroxylation is 2. The third-order valence-electron chi connectivity index (χ3n) is 3.34. The van der Waals surface area contributed by atoms with Gasteiger partial charge >= 0.3 is 0 Å². The van der Waals surface area contributed by atoms with Crippen LogP contribution in [-0.2, 0) is 18.4 Å². The van der Waals surface area contributed by atoms with Crippen molar-refractivity contribution in [2.45, 2.75) is 33.4 Å². The molecule has 0 aliphatic carbocycles. The quantitative estimate of drug-likeness (QED) is 0.814. The number of rotatable bonds is 4. The number of nitrogens with one attached hydrogen (secondary N) is 2. The molecule has 106 valence electrons. The molecule has 1 fully saturated rings. The van der Waals surface area contributed by atoms with Gasteiger partial charge in [-0.15, -0.1) is 0 Å². The molecular weight excluding hydrogens is 242 g/mol. The van der Waals surface area contributed by atoms with Crippen LogP contribution in [0.5, 0.6) is 0 Å². The minimum absolute atomic E-state index is 0.0767. The van der Waals surface area contributed by atoms with Crippen LogP contribution in [0.15, 0.2) is 0 Å². The smallest absolute Gasteiger partial charge is 0.239 e. The van der Waals surface area contributed by atoms with Crippen molar-refractivity contribution in [1.29, 1.82) is 0 Å². The van der Waals surface area contributed by atoms with E-state index in [-0.39, 0.29) is 5.91 Å². The molecule has 1 aromatic heterocycles. The zero-order valence-electron chi connectivity index (χ0n) is 12.2. The highest BCUT2D eigenvalue weighted by Gasteiger charge is 2.23. The van der Waals surface area contributed by atoms with Crippen molar-refractivity contribution < 1.29 is 4.79 Å². The highest BCUT2D eigenvalue weighted by molar-refractivity contribution is 5.82. The molecule has 1 aromatic rings. The summed E-state index contributed by atoms with van der Waals surface area (Å²) < 4.78 is 1.88. The van der Waals surface area contributed by atoms with E-state index in [9.17, 15) is 4.79 Å². The number of hydrogen-bond donors (Lipinski definition) is 2. The van der Waals surface area contributed by atoms with Gasteiger partial charge < -0.3 is 15.5 Å². The van der Waals surface area contributed by atoms with Crippen molar-refractivity contribution in [2.75, 3.05) is 24.5 Å². The topological polar surface area (TPSA) is 62.2 Å². The van der Waals surface area contributed by atoms with E-state index in [0.717, 1.165) is 24.6 Å². The molecule has 1 amide bonds. The number of anilines is 1. The first-order chi connectivity index (χ1) is 8.99. The molecule has 1 aliphatic rings. The standard InChI is InChI=1S/C13H23N5O/c1-9(2)15-7-11-10(3)16-17(4)13(11)18-6-5-14-12(19)8-18/h9,15H,5-8H2,1-4H3,(H,14,19). The molecule has 19 heavy (non-hydrogen) atoms. The molecule has 0 aromatic carbocycles. The van der Waals surface area contributed by atoms with E-state index in [2.05, 4.69) is 34.5 Å². The van der Waals surface area contributed by atoms with Gasteiger partial charge in [-0.3, -0.25) is 9.48 Å². The summed E-state index contributed by atoms with van der Waals surface area (Å²) in [6.45, 7) is 8.99. The van der Waals surface area contributed by atoms with Crippen molar-refractivity contribution in [3.05, 3.63) is 11.3 Å². The third-order valence-corrected chi connectivity index (χ3v) is 3.34. The number of carbonyl (C=O) groups excluding carboxylic acids is 1. The molecule has 0 atom stereocenters. The van der Waals surface area contributed by atoms with Gasteiger partial charge in [0.15, 0.2) is 0 Å². The van der Waals surface area contributed by atoms with Gasteiger partial charge in [-0.25, -0.2) is 0 Å². The Morgan fingerprint density at radius 3 is 2.84 bits per heavy atom. The molecule has 0 bridgehead atoms. The zero-order chi connectivity index (χ0) is 14.0. The molecule has 6 heteroatoms. The number of piperazine rings is 1. The van der Waals surface area contributed by atoms with E-state index < -0.39 is 0 Å². The summed E-state index contributed by atoms with van der Waals surface area (Å²) in [5.41, 5.74) is 2.21. The van der Waals surface area contributed by atoms with Crippen LogP contribution in [0.25, 0.3) is 0 Å². The Morgan fingerprint density at radius 2 is 2.21 bits per heavy atom. The van der Waals surface area contributed by atoms with Gasteiger partial charge in [-0.2, -0.15) is 5.10 Å². The Morgan fingerprint density at radius 1 is 1.47 bits per heavy atom. The van der Waals surface area contributed by atoms with Gasteiger partial charge in [0, 0.05) is 38.3 Å². The SMILES string of the molecule is Cc1nn(C)c(N2CCNC(=O)C2)c1CNC(C)C. The van der Waals surface area contributed by atoms with E-state index in [0.29, 0.717) is 19.1 Å². The maximum atomic E-state index is 11.5. The summed E-state index contributed by atoms with van der Waals surface area (Å²) in [6, 6.07) is 0.428. The fourth-order valence-electron chi connectivity index (χ4n) is 2.42. The van der Waals surface area contributed by atoms with Gasteiger partial charge in [0.2, 0.25) is 5.91 Å². The van der Waals surface area contributed by atoms with Gasteiger partial charge in [-0.05, 0) is 6.92 Å². The van der Waals surface area contributed by atoms with E-state index in [1.54, 1.807) is 0 Å². The maximum Gasteiger partial charge on any atom is 0.239 e. The van der Waals surface area contributed by atoms with Crippen LogP contribution in [0.2, 0.25) is 0 Å². The van der Waals surface area contributed by atoms with Crippen molar-refractivity contribution >= 4 is 11.7 Å². The predicted octanol–water partition coefficient (Wildman–Crippen LogP) is 0.163. The van der Waals surface area contributed by atoms with Crippen LogP contribution in [0, 0.1) is 6.92 Å². The van der Waals surface area contributed by atoms with Crippen LogP contribution in [0.1, 0.15) is 25.1 Å². The molecule has 1 saturated heterocycles. The van der Waals surface area contributed by atoms with Crippen molar-refractivity contribution in [3.8, 4) is 0 Å². The molecule has 0 unspecified atom stereocenters. The van der Waals surface area contributed by atoms with Gasteiger partial charge in [-0.1, -0.05) is 13.8 Å². The van der Waals surface area contributed by atoms with E-state index in [1.807, 2.05) is 18.7 Å². The average molecular weight is 265 g/mol. The predicted molar refractivity (Wildman–Crippen MR) is 75.1 cm³/mol. The number of aromatic nitrogens is 2. The third kappa shape index (κ3) is 3.07. The summed E-state index contributed by atoms with van der Waals surface area (Å²) >= 11 is 0. The van der Waals surface area contributed by atoms with Crippen LogP contribution in [-0.4, -0.2) is 41.4 Å². The van der Waals surface area contributed by atoms with E-state index >= 15 is 0 Å². The van der Waals surface area contributed by atoms with Crippen molar-refractivity contribution in [2.24, 2.45) is 7.05 Å². The minimum Gasteiger partial charge on any atom is -0.353 e. The molecule has 6 nitrogen and oxygen atoms in total. The molecule has 2 heterocycles. The summed E-state index contributed by atoms with van der Waals surface area (Å²) in [4.78, 5) is 13.7. The summed E-state index contributed by atoms with van der Waals surface area (Å²) in [7, 11) is 1.94.